The van der Waals surface area contributed by atoms with Crippen LogP contribution < -0.4 is 0 Å². The van der Waals surface area contributed by atoms with Crippen molar-refractivity contribution in [2.24, 2.45) is 0 Å². The van der Waals surface area contributed by atoms with Gasteiger partial charge in [-0.25, -0.2) is 4.98 Å². The maximum atomic E-state index is 12.6. The van der Waals surface area contributed by atoms with Crippen LogP contribution in [0.1, 0.15) is 88.3 Å². The summed E-state index contributed by atoms with van der Waals surface area (Å²) in [6, 6.07) is 7.02. The Morgan fingerprint density at radius 3 is 2.47 bits per heavy atom. The molecular weight excluding hydrogens is 416 g/mol. The van der Waals surface area contributed by atoms with Crippen molar-refractivity contribution in [1.29, 1.82) is 0 Å². The van der Waals surface area contributed by atoms with Gasteiger partial charge in [-0.05, 0) is 66.5 Å². The molecule has 1 aromatic carbocycles. The predicted molar refractivity (Wildman–Crippen MR) is 130 cm³/mol. The molecule has 5 rings (SSSR count). The third-order valence-corrected chi connectivity index (χ3v) is 9.04. The molecule has 2 aliphatic heterocycles. The van der Waals surface area contributed by atoms with E-state index in [-0.39, 0.29) is 22.8 Å². The molecule has 2 fully saturated rings. The summed E-state index contributed by atoms with van der Waals surface area (Å²) in [5, 5.41) is 3.45. The molecule has 0 bridgehead atoms. The molecule has 1 aromatic heterocycles. The van der Waals surface area contributed by atoms with Gasteiger partial charge in [0.1, 0.15) is 6.10 Å². The zero-order valence-electron chi connectivity index (χ0n) is 19.9. The van der Waals surface area contributed by atoms with Crippen LogP contribution in [0.2, 0.25) is 0 Å². The number of rotatable bonds is 3. The minimum atomic E-state index is -0.198. The van der Waals surface area contributed by atoms with Crippen molar-refractivity contribution in [2.45, 2.75) is 89.1 Å². The van der Waals surface area contributed by atoms with E-state index in [9.17, 15) is 4.79 Å². The molecule has 0 saturated carbocycles. The third-order valence-electron chi connectivity index (χ3n) is 8.03. The number of aromatic nitrogens is 1. The van der Waals surface area contributed by atoms with E-state index in [0.717, 1.165) is 51.1 Å². The quantitative estimate of drug-likeness (QED) is 0.570. The molecule has 1 aliphatic carbocycles. The van der Waals surface area contributed by atoms with E-state index in [2.05, 4.69) is 51.3 Å². The molecule has 32 heavy (non-hydrogen) atoms. The van der Waals surface area contributed by atoms with Crippen LogP contribution in [-0.2, 0) is 20.4 Å². The third kappa shape index (κ3) is 4.03. The molecule has 0 spiro atoms. The van der Waals surface area contributed by atoms with Gasteiger partial charge < -0.3 is 9.64 Å². The average Bonchev–Trinajstić information content (AvgIpc) is 3.49. The maximum absolute atomic E-state index is 12.6. The Bertz CT molecular complexity index is 995. The van der Waals surface area contributed by atoms with E-state index in [1.54, 1.807) is 11.3 Å². The van der Waals surface area contributed by atoms with Gasteiger partial charge in [0.15, 0.2) is 0 Å². The number of amides is 1. The highest BCUT2D eigenvalue weighted by molar-refractivity contribution is 7.10. The Morgan fingerprint density at radius 1 is 1.06 bits per heavy atom. The molecule has 5 heteroatoms. The molecular formula is C27H36N2O2S. The summed E-state index contributed by atoms with van der Waals surface area (Å²) in [5.74, 6) is 0.649. The number of fused-ring (bicyclic) bond motifs is 1. The van der Waals surface area contributed by atoms with E-state index in [0.29, 0.717) is 5.92 Å². The first-order chi connectivity index (χ1) is 15.2. The van der Waals surface area contributed by atoms with Gasteiger partial charge in [-0.1, -0.05) is 39.8 Å². The Morgan fingerprint density at radius 2 is 1.78 bits per heavy atom. The van der Waals surface area contributed by atoms with Gasteiger partial charge in [-0.3, -0.25) is 4.79 Å². The van der Waals surface area contributed by atoms with E-state index >= 15 is 0 Å². The normalized spacial score (nSPS) is 25.0. The molecule has 2 saturated heterocycles. The average molecular weight is 453 g/mol. The number of hydrogen-bond donors (Lipinski definition) is 0. The number of likely N-dealkylation sites (tertiary alicyclic amines) is 1. The number of hydrogen-bond acceptors (Lipinski definition) is 4. The fourth-order valence-corrected chi connectivity index (χ4v) is 6.68. The Labute approximate surface area is 196 Å². The minimum Gasteiger partial charge on any atom is -0.368 e. The summed E-state index contributed by atoms with van der Waals surface area (Å²) in [7, 11) is 0. The lowest BCUT2D eigenvalue weighted by atomic mass is 9.63. The second-order valence-corrected chi connectivity index (χ2v) is 12.1. The van der Waals surface area contributed by atoms with Gasteiger partial charge in [0.2, 0.25) is 0 Å². The largest absolute Gasteiger partial charge is 0.368 e. The summed E-state index contributed by atoms with van der Waals surface area (Å²) >= 11 is 1.78. The van der Waals surface area contributed by atoms with Crippen molar-refractivity contribution in [3.05, 3.63) is 39.7 Å². The van der Waals surface area contributed by atoms with Crippen LogP contribution in [0.5, 0.6) is 0 Å². The molecule has 4 nitrogen and oxygen atoms in total. The second kappa shape index (κ2) is 8.25. The first-order valence-electron chi connectivity index (χ1n) is 12.3. The van der Waals surface area contributed by atoms with E-state index in [1.165, 1.54) is 34.5 Å². The number of ether oxygens (including phenoxy) is 1. The summed E-state index contributed by atoms with van der Waals surface area (Å²) in [4.78, 5) is 19.7. The van der Waals surface area contributed by atoms with Crippen LogP contribution in [0.15, 0.2) is 23.6 Å². The van der Waals surface area contributed by atoms with Crippen molar-refractivity contribution in [3.63, 3.8) is 0 Å². The van der Waals surface area contributed by atoms with Crippen LogP contribution >= 0.6 is 11.3 Å². The van der Waals surface area contributed by atoms with Gasteiger partial charge in [0.05, 0.1) is 10.7 Å². The molecule has 1 atom stereocenters. The summed E-state index contributed by atoms with van der Waals surface area (Å²) < 4.78 is 5.60. The molecule has 0 N–H and O–H groups in total. The van der Waals surface area contributed by atoms with Crippen LogP contribution in [0.25, 0.3) is 11.3 Å². The van der Waals surface area contributed by atoms with Crippen molar-refractivity contribution in [2.75, 3.05) is 19.7 Å². The second-order valence-electron chi connectivity index (χ2n) is 11.2. The van der Waals surface area contributed by atoms with E-state index < -0.39 is 0 Å². The number of piperidine rings is 1. The fraction of sp³-hybridized carbons (Fsp3) is 0.630. The monoisotopic (exact) mass is 452 g/mol. The lowest BCUT2D eigenvalue weighted by Gasteiger charge is -2.42. The van der Waals surface area contributed by atoms with E-state index in [1.807, 2.05) is 4.90 Å². The van der Waals surface area contributed by atoms with Crippen LogP contribution in [0, 0.1) is 0 Å². The van der Waals surface area contributed by atoms with Crippen molar-refractivity contribution < 1.29 is 9.53 Å². The van der Waals surface area contributed by atoms with Crippen molar-refractivity contribution in [3.8, 4) is 11.3 Å². The number of nitrogens with zero attached hydrogens (tertiary/aromatic N) is 2. The number of carbonyl (C=O) groups excluding carboxylic acids is 1. The number of thiazole rings is 1. The molecule has 2 aromatic rings. The van der Waals surface area contributed by atoms with Crippen molar-refractivity contribution in [1.82, 2.24) is 9.88 Å². The van der Waals surface area contributed by atoms with Crippen LogP contribution in [0.3, 0.4) is 0 Å². The zero-order valence-corrected chi connectivity index (χ0v) is 20.8. The van der Waals surface area contributed by atoms with Gasteiger partial charge in [-0.15, -0.1) is 11.3 Å². The van der Waals surface area contributed by atoms with Gasteiger partial charge in [0.25, 0.3) is 5.91 Å². The SMILES string of the molecule is CC1(C)CCC(C)(C)c2cc(-c3csc(C4CCN(C(=O)C5CCCO5)CC4)n3)ccc21. The Hall–Kier alpha value is -1.72. The highest BCUT2D eigenvalue weighted by atomic mass is 32.1. The standard InChI is InChI=1S/C27H36N2O2S/c1-26(2)11-12-27(3,4)21-16-19(7-8-20(21)26)22-17-32-24(28-22)18-9-13-29(14-10-18)25(30)23-6-5-15-31-23/h7-8,16-18,23H,5-6,9-15H2,1-4H3. The fourth-order valence-electron chi connectivity index (χ4n) is 5.68. The van der Waals surface area contributed by atoms with Gasteiger partial charge >= 0.3 is 0 Å². The zero-order chi connectivity index (χ0) is 22.5. The summed E-state index contributed by atoms with van der Waals surface area (Å²) in [5.41, 5.74) is 5.78. The van der Waals surface area contributed by atoms with Crippen LogP contribution in [-0.4, -0.2) is 41.6 Å². The first-order valence-corrected chi connectivity index (χ1v) is 13.1. The molecule has 0 radical (unpaired) electrons. The Kier molecular flexibility index (Phi) is 5.69. The molecule has 1 amide bonds. The first kappa shape index (κ1) is 22.1. The lowest BCUT2D eigenvalue weighted by Crippen LogP contribution is -2.43. The Balaban J connectivity index is 1.30. The summed E-state index contributed by atoms with van der Waals surface area (Å²) in [6.45, 7) is 11.9. The number of benzene rings is 1. The highest BCUT2D eigenvalue weighted by Gasteiger charge is 2.37. The molecule has 3 heterocycles. The van der Waals surface area contributed by atoms with Gasteiger partial charge in [-0.2, -0.15) is 0 Å². The van der Waals surface area contributed by atoms with E-state index in [4.69, 9.17) is 9.72 Å². The summed E-state index contributed by atoms with van der Waals surface area (Å²) in [6.07, 6.45) is 6.14. The molecule has 3 aliphatic rings. The van der Waals surface area contributed by atoms with Crippen LogP contribution in [0.4, 0.5) is 0 Å². The number of carbonyl (C=O) groups is 1. The molecule has 1 unspecified atom stereocenters. The maximum Gasteiger partial charge on any atom is 0.251 e. The topological polar surface area (TPSA) is 42.4 Å². The molecule has 172 valence electrons. The minimum absolute atomic E-state index is 0.195. The predicted octanol–water partition coefficient (Wildman–Crippen LogP) is 6.04. The smallest absolute Gasteiger partial charge is 0.251 e. The highest BCUT2D eigenvalue weighted by Crippen LogP contribution is 2.47. The lowest BCUT2D eigenvalue weighted by molar-refractivity contribution is -0.142. The van der Waals surface area contributed by atoms with Crippen molar-refractivity contribution >= 4 is 17.2 Å². The van der Waals surface area contributed by atoms with Gasteiger partial charge in [0, 0.05) is 36.6 Å².